The van der Waals surface area contributed by atoms with Gasteiger partial charge in [0.2, 0.25) is 5.95 Å². The highest BCUT2D eigenvalue weighted by molar-refractivity contribution is 6.42. The third-order valence-corrected chi connectivity index (χ3v) is 8.06. The van der Waals surface area contributed by atoms with Gasteiger partial charge in [-0.15, -0.1) is 0 Å². The fourth-order valence-corrected chi connectivity index (χ4v) is 5.55. The van der Waals surface area contributed by atoms with Crippen LogP contribution in [0.2, 0.25) is 10.0 Å². The summed E-state index contributed by atoms with van der Waals surface area (Å²) in [6, 6.07) is 4.31. The van der Waals surface area contributed by atoms with E-state index in [1.165, 1.54) is 25.7 Å². The number of fused-ring (bicyclic) bond motifs is 1. The zero-order valence-electron chi connectivity index (χ0n) is 19.4. The molecular weight excluding hydrogens is 445 g/mol. The van der Waals surface area contributed by atoms with E-state index in [9.17, 15) is 5.11 Å². The van der Waals surface area contributed by atoms with E-state index in [0.717, 1.165) is 69.1 Å². The van der Waals surface area contributed by atoms with Crippen molar-refractivity contribution >= 4 is 40.2 Å². The van der Waals surface area contributed by atoms with Crippen LogP contribution in [0.15, 0.2) is 12.1 Å². The third kappa shape index (κ3) is 5.36. The topological polar surface area (TPSA) is 56.6 Å². The Morgan fingerprint density at radius 1 is 1.09 bits per heavy atom. The number of hydrogen-bond acceptors (Lipinski definition) is 5. The number of anilines is 1. The molecule has 0 radical (unpaired) electrons. The van der Waals surface area contributed by atoms with Gasteiger partial charge in [0.05, 0.1) is 21.1 Å². The molecule has 0 amide bonds. The fourth-order valence-electron chi connectivity index (χ4n) is 5.24. The molecule has 32 heavy (non-hydrogen) atoms. The van der Waals surface area contributed by atoms with E-state index in [2.05, 4.69) is 33.5 Å². The summed E-state index contributed by atoms with van der Waals surface area (Å²) in [5.41, 5.74) is 1.92. The van der Waals surface area contributed by atoms with Crippen molar-refractivity contribution in [2.75, 3.05) is 37.6 Å². The number of aliphatic hydroxyl groups excluding tert-OH is 1. The van der Waals surface area contributed by atoms with Gasteiger partial charge < -0.3 is 19.5 Å². The molecule has 2 heterocycles. The SMILES string of the molecule is CCN(CC)CCn1c(N2CCC(C(O)NC3CCCC3)CC2)nc2cc(Cl)c(Cl)cc21. The molecule has 0 spiro atoms. The van der Waals surface area contributed by atoms with Crippen molar-refractivity contribution in [1.82, 2.24) is 19.8 Å². The van der Waals surface area contributed by atoms with E-state index in [1.54, 1.807) is 0 Å². The lowest BCUT2D eigenvalue weighted by atomic mass is 9.94. The highest BCUT2D eigenvalue weighted by atomic mass is 35.5. The average Bonchev–Trinajstić information content (AvgIpc) is 3.43. The second kappa shape index (κ2) is 10.9. The number of benzene rings is 1. The molecule has 1 saturated heterocycles. The number of piperidine rings is 1. The maximum Gasteiger partial charge on any atom is 0.206 e. The molecule has 1 aliphatic carbocycles. The van der Waals surface area contributed by atoms with Gasteiger partial charge in [0, 0.05) is 38.1 Å². The van der Waals surface area contributed by atoms with Gasteiger partial charge in [0.25, 0.3) is 0 Å². The van der Waals surface area contributed by atoms with Crippen LogP contribution in [0.4, 0.5) is 5.95 Å². The predicted molar refractivity (Wildman–Crippen MR) is 134 cm³/mol. The van der Waals surface area contributed by atoms with Crippen LogP contribution >= 0.6 is 23.2 Å². The molecule has 8 heteroatoms. The maximum atomic E-state index is 10.7. The molecule has 1 atom stereocenters. The van der Waals surface area contributed by atoms with Crippen LogP contribution in [0.1, 0.15) is 52.4 Å². The van der Waals surface area contributed by atoms with E-state index in [4.69, 9.17) is 28.2 Å². The Labute approximate surface area is 201 Å². The Hall–Kier alpha value is -1.05. The minimum atomic E-state index is -0.403. The van der Waals surface area contributed by atoms with Crippen LogP contribution in [-0.2, 0) is 6.54 Å². The average molecular weight is 483 g/mol. The molecule has 4 rings (SSSR count). The number of hydrogen-bond donors (Lipinski definition) is 2. The number of nitrogens with one attached hydrogen (secondary N) is 1. The zero-order valence-corrected chi connectivity index (χ0v) is 20.9. The highest BCUT2D eigenvalue weighted by Gasteiger charge is 2.29. The lowest BCUT2D eigenvalue weighted by molar-refractivity contribution is 0.0512. The Bertz CT molecular complexity index is 886. The molecular formula is C24H37Cl2N5O. The van der Waals surface area contributed by atoms with Gasteiger partial charge in [0.1, 0.15) is 6.23 Å². The first-order chi connectivity index (χ1) is 15.5. The van der Waals surface area contributed by atoms with Crippen LogP contribution in [0, 0.1) is 5.92 Å². The molecule has 0 bridgehead atoms. The van der Waals surface area contributed by atoms with Gasteiger partial charge in [-0.05, 0) is 50.9 Å². The summed E-state index contributed by atoms with van der Waals surface area (Å²) in [7, 11) is 0. The Morgan fingerprint density at radius 3 is 2.41 bits per heavy atom. The van der Waals surface area contributed by atoms with Crippen LogP contribution in [0.3, 0.4) is 0 Å². The van der Waals surface area contributed by atoms with Gasteiger partial charge in [-0.3, -0.25) is 5.32 Å². The first-order valence-corrected chi connectivity index (χ1v) is 13.0. The van der Waals surface area contributed by atoms with Gasteiger partial charge in [-0.1, -0.05) is 49.9 Å². The summed E-state index contributed by atoms with van der Waals surface area (Å²) < 4.78 is 2.30. The summed E-state index contributed by atoms with van der Waals surface area (Å²) in [6.45, 7) is 10.1. The predicted octanol–water partition coefficient (Wildman–Crippen LogP) is 4.75. The molecule has 2 aliphatic rings. The molecule has 1 unspecified atom stereocenters. The number of rotatable bonds is 9. The summed E-state index contributed by atoms with van der Waals surface area (Å²) in [5, 5.41) is 15.3. The van der Waals surface area contributed by atoms with Crippen LogP contribution < -0.4 is 10.2 Å². The summed E-state index contributed by atoms with van der Waals surface area (Å²) in [4.78, 5) is 9.76. The molecule has 1 saturated carbocycles. The Kier molecular flexibility index (Phi) is 8.22. The Morgan fingerprint density at radius 2 is 1.75 bits per heavy atom. The normalized spacial score (nSPS) is 19.5. The van der Waals surface area contributed by atoms with Crippen molar-refractivity contribution in [3.63, 3.8) is 0 Å². The quantitative estimate of drug-likeness (QED) is 0.505. The van der Waals surface area contributed by atoms with E-state index >= 15 is 0 Å². The summed E-state index contributed by atoms with van der Waals surface area (Å²) >= 11 is 12.7. The van der Waals surface area contributed by atoms with E-state index in [-0.39, 0.29) is 0 Å². The van der Waals surface area contributed by atoms with E-state index in [1.807, 2.05) is 12.1 Å². The number of aliphatic hydroxyl groups is 1. The highest BCUT2D eigenvalue weighted by Crippen LogP contribution is 2.33. The van der Waals surface area contributed by atoms with Crippen LogP contribution in [0.5, 0.6) is 0 Å². The van der Waals surface area contributed by atoms with Crippen molar-refractivity contribution in [3.8, 4) is 0 Å². The number of halogens is 2. The van der Waals surface area contributed by atoms with Crippen molar-refractivity contribution in [1.29, 1.82) is 0 Å². The number of nitrogens with zero attached hydrogens (tertiary/aromatic N) is 4. The van der Waals surface area contributed by atoms with Crippen molar-refractivity contribution in [2.24, 2.45) is 5.92 Å². The Balaban J connectivity index is 1.49. The summed E-state index contributed by atoms with van der Waals surface area (Å²) in [5.74, 6) is 1.28. The molecule has 2 N–H and O–H groups in total. The van der Waals surface area contributed by atoms with Gasteiger partial charge in [0.15, 0.2) is 0 Å². The lowest BCUT2D eigenvalue weighted by Crippen LogP contribution is -2.46. The number of imidazole rings is 1. The van der Waals surface area contributed by atoms with E-state index < -0.39 is 6.23 Å². The van der Waals surface area contributed by atoms with Crippen LogP contribution in [0.25, 0.3) is 11.0 Å². The van der Waals surface area contributed by atoms with Crippen molar-refractivity contribution in [3.05, 3.63) is 22.2 Å². The van der Waals surface area contributed by atoms with Crippen molar-refractivity contribution < 1.29 is 5.11 Å². The number of likely N-dealkylation sites (N-methyl/N-ethyl adjacent to an activating group) is 1. The third-order valence-electron chi connectivity index (χ3n) is 7.34. The van der Waals surface area contributed by atoms with Gasteiger partial charge in [-0.2, -0.15) is 0 Å². The zero-order chi connectivity index (χ0) is 22.7. The van der Waals surface area contributed by atoms with Gasteiger partial charge in [-0.25, -0.2) is 4.98 Å². The molecule has 1 aromatic heterocycles. The smallest absolute Gasteiger partial charge is 0.206 e. The molecule has 1 aliphatic heterocycles. The molecule has 2 aromatic rings. The molecule has 2 fully saturated rings. The molecule has 1 aromatic carbocycles. The largest absolute Gasteiger partial charge is 0.378 e. The maximum absolute atomic E-state index is 10.7. The lowest BCUT2D eigenvalue weighted by Gasteiger charge is -2.36. The monoisotopic (exact) mass is 481 g/mol. The van der Waals surface area contributed by atoms with Crippen LogP contribution in [-0.4, -0.2) is 64.6 Å². The standard InChI is InChI=1S/C24H37Cl2N5O/c1-3-29(4-2)13-14-31-22-16-20(26)19(25)15-21(22)28-24(31)30-11-9-17(10-12-30)23(32)27-18-7-5-6-8-18/h15-18,23,27,32H,3-14H2,1-2H3. The first-order valence-electron chi connectivity index (χ1n) is 12.3. The van der Waals surface area contributed by atoms with Gasteiger partial charge >= 0.3 is 0 Å². The fraction of sp³-hybridized carbons (Fsp3) is 0.708. The molecule has 178 valence electrons. The first kappa shape index (κ1) is 24.1. The van der Waals surface area contributed by atoms with Crippen molar-refractivity contribution in [2.45, 2.75) is 71.2 Å². The second-order valence-electron chi connectivity index (χ2n) is 9.26. The minimum Gasteiger partial charge on any atom is -0.378 e. The summed E-state index contributed by atoms with van der Waals surface area (Å²) in [6.07, 6.45) is 6.46. The minimum absolute atomic E-state index is 0.296. The second-order valence-corrected chi connectivity index (χ2v) is 10.1. The van der Waals surface area contributed by atoms with E-state index in [0.29, 0.717) is 22.0 Å². The number of aromatic nitrogens is 2. The molecule has 6 nitrogen and oxygen atoms in total.